The minimum Gasteiger partial charge on any atom is -0.481 e. The first-order valence-corrected chi connectivity index (χ1v) is 11.2. The molecule has 0 radical (unpaired) electrons. The van der Waals surface area contributed by atoms with Crippen LogP contribution in [0.3, 0.4) is 0 Å². The van der Waals surface area contributed by atoms with Gasteiger partial charge in [-0.05, 0) is 29.8 Å². The molecule has 4 unspecified atom stereocenters. The fraction of sp³-hybridized carbons (Fsp3) is 0.370. The van der Waals surface area contributed by atoms with Crippen LogP contribution in [0, 0.1) is 17.3 Å². The summed E-state index contributed by atoms with van der Waals surface area (Å²) < 4.78 is 18.2. The van der Waals surface area contributed by atoms with Gasteiger partial charge in [0.1, 0.15) is 6.10 Å². The molecule has 0 amide bonds. The molecule has 1 heterocycles. The molecule has 1 saturated heterocycles. The highest BCUT2D eigenvalue weighted by atomic mass is 32.1. The van der Waals surface area contributed by atoms with Crippen molar-refractivity contribution in [2.75, 3.05) is 13.2 Å². The summed E-state index contributed by atoms with van der Waals surface area (Å²) in [4.78, 5) is 0. The van der Waals surface area contributed by atoms with Gasteiger partial charge in [0.25, 0.3) is 0 Å². The summed E-state index contributed by atoms with van der Waals surface area (Å²) >= 11 is 5.70. The van der Waals surface area contributed by atoms with E-state index in [0.717, 1.165) is 17.5 Å². The minimum absolute atomic E-state index is 0.0131. The molecule has 1 aliphatic rings. The van der Waals surface area contributed by atoms with Crippen LogP contribution in [0.25, 0.3) is 0 Å². The zero-order valence-electron chi connectivity index (χ0n) is 18.2. The van der Waals surface area contributed by atoms with Crippen LogP contribution in [0.2, 0.25) is 0 Å². The molecule has 1 fully saturated rings. The molecule has 1 aliphatic heterocycles. The van der Waals surface area contributed by atoms with Crippen molar-refractivity contribution in [3.05, 3.63) is 97.1 Å². The number of hydrogen-bond acceptors (Lipinski definition) is 4. The van der Waals surface area contributed by atoms with E-state index in [2.05, 4.69) is 44.3 Å². The second-order valence-corrected chi connectivity index (χ2v) is 8.73. The second kappa shape index (κ2) is 11.4. The van der Waals surface area contributed by atoms with Gasteiger partial charge in [-0.1, -0.05) is 79.7 Å². The lowest BCUT2D eigenvalue weighted by molar-refractivity contribution is 0.00980. The smallest absolute Gasteiger partial charge is 0.164 e. The summed E-state index contributed by atoms with van der Waals surface area (Å²) in [6.45, 7) is 12.3. The van der Waals surface area contributed by atoms with Gasteiger partial charge in [0.15, 0.2) is 5.05 Å². The lowest BCUT2D eigenvalue weighted by Gasteiger charge is -2.34. The molecule has 4 atom stereocenters. The van der Waals surface area contributed by atoms with E-state index >= 15 is 0 Å². The van der Waals surface area contributed by atoms with Crippen molar-refractivity contribution >= 4 is 17.3 Å². The van der Waals surface area contributed by atoms with E-state index < -0.39 is 0 Å². The third-order valence-corrected chi connectivity index (χ3v) is 6.31. The monoisotopic (exact) mass is 436 g/mol. The summed E-state index contributed by atoms with van der Waals surface area (Å²) in [5, 5.41) is 0.617. The largest absolute Gasteiger partial charge is 0.481 e. The Hall–Kier alpha value is -2.27. The van der Waals surface area contributed by atoms with E-state index in [1.807, 2.05) is 48.6 Å². The number of rotatable bonds is 12. The highest BCUT2D eigenvalue weighted by Crippen LogP contribution is 2.45. The Morgan fingerprint density at radius 1 is 0.968 bits per heavy atom. The van der Waals surface area contributed by atoms with Crippen LogP contribution in [0.1, 0.15) is 24.5 Å². The number of hydrogen-bond donors (Lipinski definition) is 0. The van der Waals surface area contributed by atoms with Crippen molar-refractivity contribution in [1.29, 1.82) is 0 Å². The Balaban J connectivity index is 1.64. The fourth-order valence-corrected chi connectivity index (χ4v) is 4.77. The third-order valence-electron chi connectivity index (χ3n) is 5.96. The highest BCUT2D eigenvalue weighted by Gasteiger charge is 2.49. The van der Waals surface area contributed by atoms with Gasteiger partial charge in [-0.2, -0.15) is 0 Å². The van der Waals surface area contributed by atoms with Crippen molar-refractivity contribution in [2.45, 2.75) is 32.7 Å². The lowest BCUT2D eigenvalue weighted by Crippen LogP contribution is -2.38. The molecule has 0 N–H and O–H groups in total. The Bertz CT molecular complexity index is 851. The molecular weight excluding hydrogens is 404 g/mol. The average Bonchev–Trinajstić information content (AvgIpc) is 3.11. The molecule has 0 saturated carbocycles. The van der Waals surface area contributed by atoms with Gasteiger partial charge < -0.3 is 14.2 Å². The summed E-state index contributed by atoms with van der Waals surface area (Å²) in [5.41, 5.74) is 1.95. The SMILES string of the molecule is C=CCC1C(COCc2ccccc2)OC(=S)C1C(C)(C=C)COCc1ccccc1. The topological polar surface area (TPSA) is 27.7 Å². The molecule has 31 heavy (non-hydrogen) atoms. The second-order valence-electron chi connectivity index (χ2n) is 8.33. The van der Waals surface area contributed by atoms with Gasteiger partial charge in [0, 0.05) is 17.3 Å². The van der Waals surface area contributed by atoms with Crippen molar-refractivity contribution < 1.29 is 14.2 Å². The van der Waals surface area contributed by atoms with Crippen molar-refractivity contribution in [3.63, 3.8) is 0 Å². The Morgan fingerprint density at radius 2 is 1.55 bits per heavy atom. The predicted molar refractivity (Wildman–Crippen MR) is 130 cm³/mol. The first kappa shape index (κ1) is 23.4. The minimum atomic E-state index is -0.340. The van der Waals surface area contributed by atoms with Crippen LogP contribution < -0.4 is 0 Å². The third kappa shape index (κ3) is 6.13. The van der Waals surface area contributed by atoms with Crippen molar-refractivity contribution in [2.24, 2.45) is 17.3 Å². The Labute approximate surface area is 191 Å². The van der Waals surface area contributed by atoms with E-state index in [0.29, 0.717) is 31.5 Å². The van der Waals surface area contributed by atoms with Gasteiger partial charge in [0.05, 0.1) is 26.4 Å². The molecule has 0 bridgehead atoms. The maximum absolute atomic E-state index is 6.15. The zero-order chi connectivity index (χ0) is 22.1. The molecule has 3 rings (SSSR count). The molecule has 2 aromatic rings. The highest BCUT2D eigenvalue weighted by molar-refractivity contribution is 7.80. The predicted octanol–water partition coefficient (Wildman–Crippen LogP) is 6.15. The molecule has 2 aromatic carbocycles. The summed E-state index contributed by atoms with van der Waals surface area (Å²) in [6.07, 6.45) is 4.59. The molecule has 0 aliphatic carbocycles. The van der Waals surface area contributed by atoms with E-state index in [4.69, 9.17) is 26.4 Å². The number of benzene rings is 2. The van der Waals surface area contributed by atoms with Crippen LogP contribution in [0.4, 0.5) is 0 Å². The van der Waals surface area contributed by atoms with E-state index in [1.54, 1.807) is 0 Å². The molecule has 3 nitrogen and oxygen atoms in total. The number of thiocarbonyl (C=S) groups is 1. The van der Waals surface area contributed by atoms with Crippen LogP contribution in [-0.2, 0) is 27.4 Å². The summed E-state index contributed by atoms with van der Waals surface area (Å²) in [7, 11) is 0. The Morgan fingerprint density at radius 3 is 2.10 bits per heavy atom. The van der Waals surface area contributed by atoms with Gasteiger partial charge in [-0.3, -0.25) is 0 Å². The zero-order valence-corrected chi connectivity index (χ0v) is 19.1. The van der Waals surface area contributed by atoms with E-state index in [9.17, 15) is 0 Å². The maximum atomic E-state index is 6.15. The van der Waals surface area contributed by atoms with Gasteiger partial charge in [0.2, 0.25) is 0 Å². The van der Waals surface area contributed by atoms with Gasteiger partial charge in [-0.25, -0.2) is 0 Å². The standard InChI is InChI=1S/C27H32O3S/c1-4-12-23-24(19-28-17-21-13-8-6-9-14-21)30-26(31)25(23)27(3,5-2)20-29-18-22-15-10-7-11-16-22/h4-11,13-16,23-25H,1-2,12,17-20H2,3H3. The Kier molecular flexibility index (Phi) is 8.59. The van der Waals surface area contributed by atoms with Crippen molar-refractivity contribution in [3.8, 4) is 0 Å². The van der Waals surface area contributed by atoms with Crippen molar-refractivity contribution in [1.82, 2.24) is 0 Å². The normalized spacial score (nSPS) is 22.5. The molecule has 0 spiro atoms. The number of allylic oxidation sites excluding steroid dienone is 1. The average molecular weight is 437 g/mol. The van der Waals surface area contributed by atoms with E-state index in [-0.39, 0.29) is 23.4 Å². The first-order valence-electron chi connectivity index (χ1n) is 10.8. The maximum Gasteiger partial charge on any atom is 0.164 e. The quantitative estimate of drug-likeness (QED) is 0.295. The summed E-state index contributed by atoms with van der Waals surface area (Å²) in [6, 6.07) is 20.3. The van der Waals surface area contributed by atoms with Crippen LogP contribution in [0.5, 0.6) is 0 Å². The molecular formula is C27H32O3S. The van der Waals surface area contributed by atoms with E-state index in [1.165, 1.54) is 0 Å². The van der Waals surface area contributed by atoms with Gasteiger partial charge in [-0.15, -0.1) is 13.2 Å². The molecule has 0 aromatic heterocycles. The van der Waals surface area contributed by atoms with Crippen LogP contribution >= 0.6 is 12.2 Å². The number of ether oxygens (including phenoxy) is 3. The lowest BCUT2D eigenvalue weighted by atomic mass is 9.70. The summed E-state index contributed by atoms with van der Waals surface area (Å²) in [5.74, 6) is 0.184. The van der Waals surface area contributed by atoms with Crippen LogP contribution in [-0.4, -0.2) is 24.4 Å². The fourth-order valence-electron chi connectivity index (χ4n) is 4.20. The first-order chi connectivity index (χ1) is 15.1. The molecule has 4 heteroatoms. The molecule has 164 valence electrons. The van der Waals surface area contributed by atoms with Gasteiger partial charge >= 0.3 is 0 Å². The van der Waals surface area contributed by atoms with Crippen LogP contribution in [0.15, 0.2) is 86.0 Å².